The third-order valence-corrected chi connectivity index (χ3v) is 7.65. The normalized spacial score (nSPS) is 19.0. The topological polar surface area (TPSA) is 135 Å². The predicted molar refractivity (Wildman–Crippen MR) is 144 cm³/mol. The summed E-state index contributed by atoms with van der Waals surface area (Å²) in [6.45, 7) is 0.356. The number of nitrogens with one attached hydrogen (secondary N) is 2. The van der Waals surface area contributed by atoms with Gasteiger partial charge in [-0.3, -0.25) is 14.8 Å². The van der Waals surface area contributed by atoms with Gasteiger partial charge in [0, 0.05) is 56.6 Å². The van der Waals surface area contributed by atoms with Crippen molar-refractivity contribution in [1.82, 2.24) is 20.3 Å². The zero-order chi connectivity index (χ0) is 27.6. The number of aliphatic hydroxyl groups is 1. The summed E-state index contributed by atoms with van der Waals surface area (Å²) in [5, 5.41) is 21.7. The van der Waals surface area contributed by atoms with Crippen molar-refractivity contribution >= 4 is 23.6 Å². The SMILES string of the molecule is Cn1ccnc1SC[C@H]1C[C@@H](c2ccc(CO)cc2)O[C@@H](c2ccc(CNC(=O)CCCC(=O)NO)cc2)O1. The summed E-state index contributed by atoms with van der Waals surface area (Å²) in [4.78, 5) is 27.5. The number of imidazole rings is 1. The van der Waals surface area contributed by atoms with E-state index in [-0.39, 0.29) is 37.6 Å². The first kappa shape index (κ1) is 28.8. The molecule has 0 spiro atoms. The van der Waals surface area contributed by atoms with E-state index in [9.17, 15) is 14.7 Å². The summed E-state index contributed by atoms with van der Waals surface area (Å²) in [6.07, 6.45) is 4.24. The van der Waals surface area contributed by atoms with E-state index in [0.717, 1.165) is 33.2 Å². The molecule has 10 nitrogen and oxygen atoms in total. The lowest BCUT2D eigenvalue weighted by molar-refractivity contribution is -0.245. The van der Waals surface area contributed by atoms with E-state index in [4.69, 9.17) is 14.7 Å². The molecule has 3 atom stereocenters. The van der Waals surface area contributed by atoms with Crippen molar-refractivity contribution in [1.29, 1.82) is 0 Å². The number of carbonyl (C=O) groups is 2. The summed E-state index contributed by atoms with van der Waals surface area (Å²) < 4.78 is 14.8. The molecule has 11 heteroatoms. The molecule has 1 aromatic heterocycles. The second-order valence-electron chi connectivity index (χ2n) is 9.39. The maximum atomic E-state index is 12.0. The Morgan fingerprint density at radius 2 is 1.72 bits per heavy atom. The van der Waals surface area contributed by atoms with Gasteiger partial charge in [-0.1, -0.05) is 60.3 Å². The van der Waals surface area contributed by atoms with Gasteiger partial charge in [0.15, 0.2) is 11.4 Å². The van der Waals surface area contributed by atoms with Crippen LogP contribution in [0.2, 0.25) is 0 Å². The van der Waals surface area contributed by atoms with Crippen LogP contribution >= 0.6 is 11.8 Å². The van der Waals surface area contributed by atoms with Crippen molar-refractivity contribution in [2.75, 3.05) is 5.75 Å². The fourth-order valence-corrected chi connectivity index (χ4v) is 5.18. The molecule has 1 aliphatic rings. The van der Waals surface area contributed by atoms with Gasteiger partial charge in [0.1, 0.15) is 0 Å². The fraction of sp³-hybridized carbons (Fsp3) is 0.393. The Bertz CT molecular complexity index is 1220. The number of benzene rings is 2. The van der Waals surface area contributed by atoms with Gasteiger partial charge in [-0.05, 0) is 23.1 Å². The highest BCUT2D eigenvalue weighted by Crippen LogP contribution is 2.39. The van der Waals surface area contributed by atoms with E-state index >= 15 is 0 Å². The van der Waals surface area contributed by atoms with Crippen LogP contribution in [0.1, 0.15) is 60.3 Å². The zero-order valence-corrected chi connectivity index (χ0v) is 22.6. The van der Waals surface area contributed by atoms with Crippen LogP contribution in [0.5, 0.6) is 0 Å². The lowest BCUT2D eigenvalue weighted by atomic mass is 10.0. The number of nitrogens with zero attached hydrogens (tertiary/aromatic N) is 2. The number of thioether (sulfide) groups is 1. The number of hydrogen-bond donors (Lipinski definition) is 4. The van der Waals surface area contributed by atoms with E-state index in [1.54, 1.807) is 23.4 Å². The maximum Gasteiger partial charge on any atom is 0.243 e. The first-order chi connectivity index (χ1) is 18.9. The van der Waals surface area contributed by atoms with Crippen molar-refractivity contribution in [3.8, 4) is 0 Å². The molecule has 4 N–H and O–H groups in total. The molecule has 1 saturated heterocycles. The first-order valence-corrected chi connectivity index (χ1v) is 13.8. The highest BCUT2D eigenvalue weighted by atomic mass is 32.2. The summed E-state index contributed by atoms with van der Waals surface area (Å²) >= 11 is 1.64. The van der Waals surface area contributed by atoms with Crippen molar-refractivity contribution < 1.29 is 29.4 Å². The average Bonchev–Trinajstić information content (AvgIpc) is 3.39. The Morgan fingerprint density at radius 3 is 2.38 bits per heavy atom. The number of amides is 2. The lowest BCUT2D eigenvalue weighted by Crippen LogP contribution is -2.31. The molecular weight excluding hydrogens is 520 g/mol. The van der Waals surface area contributed by atoms with Crippen LogP contribution in [0, 0.1) is 0 Å². The summed E-state index contributed by atoms with van der Waals surface area (Å²) in [5.41, 5.74) is 5.24. The average molecular weight is 555 g/mol. The molecule has 0 aliphatic carbocycles. The summed E-state index contributed by atoms with van der Waals surface area (Å²) in [6, 6.07) is 15.5. The smallest absolute Gasteiger partial charge is 0.243 e. The predicted octanol–water partition coefficient (Wildman–Crippen LogP) is 3.54. The monoisotopic (exact) mass is 554 g/mol. The van der Waals surface area contributed by atoms with Crippen molar-refractivity contribution in [2.24, 2.45) is 7.05 Å². The van der Waals surface area contributed by atoms with Crippen molar-refractivity contribution in [3.63, 3.8) is 0 Å². The minimum atomic E-state index is -0.561. The van der Waals surface area contributed by atoms with Gasteiger partial charge in [0.05, 0.1) is 18.8 Å². The van der Waals surface area contributed by atoms with E-state index in [2.05, 4.69) is 10.3 Å². The van der Waals surface area contributed by atoms with Gasteiger partial charge in [-0.15, -0.1) is 0 Å². The van der Waals surface area contributed by atoms with Crippen LogP contribution in [-0.4, -0.2) is 43.5 Å². The maximum absolute atomic E-state index is 12.0. The highest BCUT2D eigenvalue weighted by molar-refractivity contribution is 7.99. The standard InChI is InChI=1S/C28H34N4O6S/c1-32-14-13-29-28(32)39-18-23-15-24(21-9-7-20(17-33)8-10-21)38-27(37-23)22-11-5-19(6-12-22)16-30-25(34)3-2-4-26(35)31-36/h5-14,23-24,27,33,36H,2-4,15-18H2,1H3,(H,30,34)(H,31,35)/t23-,24+,27+/m1/s1. The third kappa shape index (κ3) is 8.38. The third-order valence-electron chi connectivity index (χ3n) is 6.46. The zero-order valence-electron chi connectivity index (χ0n) is 21.8. The number of carbonyl (C=O) groups excluding carboxylic acids is 2. The molecular formula is C28H34N4O6S. The van der Waals surface area contributed by atoms with Gasteiger partial charge in [-0.2, -0.15) is 0 Å². The number of hydrogen-bond acceptors (Lipinski definition) is 8. The molecule has 2 aromatic carbocycles. The molecule has 4 rings (SSSR count). The van der Waals surface area contributed by atoms with Crippen LogP contribution in [0.15, 0.2) is 66.1 Å². The van der Waals surface area contributed by atoms with E-state index < -0.39 is 12.2 Å². The van der Waals surface area contributed by atoms with Crippen molar-refractivity contribution in [2.45, 2.75) is 62.5 Å². The second kappa shape index (κ2) is 14.2. The number of hydroxylamine groups is 1. The Balaban J connectivity index is 1.38. The minimum absolute atomic E-state index is 0.00581. The number of aryl methyl sites for hydroxylation is 1. The molecule has 0 unspecified atom stereocenters. The molecule has 0 saturated carbocycles. The van der Waals surface area contributed by atoms with E-state index in [1.807, 2.05) is 66.3 Å². The van der Waals surface area contributed by atoms with Gasteiger partial charge >= 0.3 is 0 Å². The Labute approximate surface area is 231 Å². The van der Waals surface area contributed by atoms with Crippen LogP contribution in [-0.2, 0) is 39.3 Å². The quantitative estimate of drug-likeness (QED) is 0.152. The van der Waals surface area contributed by atoms with Crippen LogP contribution in [0.4, 0.5) is 0 Å². The number of ether oxygens (including phenoxy) is 2. The second-order valence-corrected chi connectivity index (χ2v) is 10.4. The molecule has 2 amide bonds. The molecule has 0 radical (unpaired) electrons. The van der Waals surface area contributed by atoms with E-state index in [1.165, 1.54) is 0 Å². The first-order valence-electron chi connectivity index (χ1n) is 12.8. The number of rotatable bonds is 12. The van der Waals surface area contributed by atoms with Gasteiger partial charge in [0.25, 0.3) is 0 Å². The minimum Gasteiger partial charge on any atom is -0.392 e. The highest BCUT2D eigenvalue weighted by Gasteiger charge is 2.32. The summed E-state index contributed by atoms with van der Waals surface area (Å²) in [5.74, 6) is 0.0549. The Hall–Kier alpha value is -3.22. The Morgan fingerprint density at radius 1 is 1.03 bits per heavy atom. The molecule has 1 fully saturated rings. The summed E-state index contributed by atoms with van der Waals surface area (Å²) in [7, 11) is 1.97. The number of aromatic nitrogens is 2. The van der Waals surface area contributed by atoms with E-state index in [0.29, 0.717) is 19.4 Å². The lowest BCUT2D eigenvalue weighted by Gasteiger charge is -2.36. The molecule has 2 heterocycles. The molecule has 1 aliphatic heterocycles. The molecule has 39 heavy (non-hydrogen) atoms. The fourth-order valence-electron chi connectivity index (χ4n) is 4.23. The van der Waals surface area contributed by atoms with Gasteiger partial charge < -0.3 is 24.5 Å². The van der Waals surface area contributed by atoms with Gasteiger partial charge in [0.2, 0.25) is 11.8 Å². The number of aliphatic hydroxyl groups excluding tert-OH is 1. The molecule has 208 valence electrons. The van der Waals surface area contributed by atoms with Crippen LogP contribution in [0.3, 0.4) is 0 Å². The van der Waals surface area contributed by atoms with Crippen LogP contribution in [0.25, 0.3) is 0 Å². The van der Waals surface area contributed by atoms with Crippen LogP contribution < -0.4 is 10.8 Å². The van der Waals surface area contributed by atoms with Gasteiger partial charge in [-0.25, -0.2) is 10.5 Å². The Kier molecular flexibility index (Phi) is 10.5. The largest absolute Gasteiger partial charge is 0.392 e. The van der Waals surface area contributed by atoms with Crippen molar-refractivity contribution in [3.05, 3.63) is 83.2 Å². The molecule has 3 aromatic rings. The molecule has 0 bridgehead atoms.